The fourth-order valence-corrected chi connectivity index (χ4v) is 17.6. The summed E-state index contributed by atoms with van der Waals surface area (Å²) in [5.41, 5.74) is -4.65. The summed E-state index contributed by atoms with van der Waals surface area (Å²) >= 11 is 2.98. The van der Waals surface area contributed by atoms with Gasteiger partial charge in [-0.25, -0.2) is 51.6 Å². The van der Waals surface area contributed by atoms with Crippen molar-refractivity contribution in [3.05, 3.63) is 187 Å². The van der Waals surface area contributed by atoms with E-state index in [0.717, 1.165) is 88.8 Å². The molecule has 6 aromatic heterocycles. The van der Waals surface area contributed by atoms with E-state index in [0.29, 0.717) is 0 Å². The molecular formula is C54H67BrN13O39P5. The summed E-state index contributed by atoms with van der Waals surface area (Å²) in [6.07, 6.45) is -25.6. The van der Waals surface area contributed by atoms with Crippen LogP contribution in [0, 0.1) is 0 Å². The van der Waals surface area contributed by atoms with Crippen molar-refractivity contribution in [1.82, 2.24) is 57.3 Å². The van der Waals surface area contributed by atoms with E-state index in [1.165, 1.54) is 6.07 Å². The summed E-state index contributed by atoms with van der Waals surface area (Å²) in [7, 11) is -27.6. The van der Waals surface area contributed by atoms with Crippen molar-refractivity contribution < 1.29 is 131 Å². The van der Waals surface area contributed by atoms with Gasteiger partial charge >= 0.3 is 73.3 Å². The Kier molecular flexibility index (Phi) is 25.8. The molecule has 12 heterocycles. The van der Waals surface area contributed by atoms with Crippen molar-refractivity contribution in [2.24, 2.45) is 0 Å². The molecule has 12 rings (SSSR count). The standard InChI is InChI=1S/C54H67BrN13O39P5/c55-24-17-68(54(81)62-48(24)75)47-16-30(36(102-47)23-96-111(88,89)105-27-13-44(63-6-1-37(56)57-49(63)76)99-33(27)20-93-109(84,85)103-26-12-43(97-31(26)18-69)65-8-3-39(72)59-51(65)78)107-112(90,91)95-22-35-29(15-46(101-35)67-10-5-41(74)61-53(67)80)106-110(86,87)94-21-34-28(14-45(100-34)66-9-4-40(73)60-52(66)79)104-108(82,83)92-19-32-25(70)11-42(98-32)64-7-2-38(71)58-50(64)77/h1-10,17,25-36,42-47,69-70H,11-16,18-23H2,(H,82,83)(H,84,85)(H,86,87)(H,88,89)(H,90,91)(H2,56,57,76)(H,58,71,77)(H,59,72,78)(H,60,73,79)(H,61,74,80)(H,62,75,81)/t25-,26-,27-,28-,29-,30-,31+,32+,33+,34+,35+,36+,42+,43+,44+,45+,46+,47+/m0/s1. The summed E-state index contributed by atoms with van der Waals surface area (Å²) in [6.45, 7) is -6.29. The lowest BCUT2D eigenvalue weighted by Gasteiger charge is -2.26. The molecule has 614 valence electrons. The maximum Gasteiger partial charge on any atom is 0.472 e. The average molecular weight is 1760 g/mol. The third-order valence-corrected chi connectivity index (χ3v) is 23.3. The number of H-pyrrole nitrogens is 5. The maximum atomic E-state index is 14.2. The van der Waals surface area contributed by atoms with Gasteiger partial charge in [-0.05, 0) is 22.0 Å². The molecule has 6 aliphatic heterocycles. The van der Waals surface area contributed by atoms with Gasteiger partial charge in [0, 0.05) is 100.0 Å². The number of nitrogens with zero attached hydrogens (tertiary/aromatic N) is 7. The first-order valence-electron chi connectivity index (χ1n) is 32.9. The molecule has 6 aromatic rings. The van der Waals surface area contributed by atoms with Crippen LogP contribution in [0.1, 0.15) is 75.9 Å². The van der Waals surface area contributed by atoms with E-state index < -0.39 is 277 Å². The van der Waals surface area contributed by atoms with Crippen LogP contribution in [0.5, 0.6) is 0 Å². The number of nitrogen functional groups attached to an aromatic ring is 1. The van der Waals surface area contributed by atoms with E-state index in [1.54, 1.807) is 0 Å². The number of rotatable bonds is 32. The highest BCUT2D eigenvalue weighted by molar-refractivity contribution is 9.10. The van der Waals surface area contributed by atoms with Crippen molar-refractivity contribution in [3.8, 4) is 0 Å². The Morgan fingerprint density at radius 1 is 0.402 bits per heavy atom. The Labute approximate surface area is 628 Å². The van der Waals surface area contributed by atoms with E-state index >= 15 is 0 Å². The normalized spacial score (nSPS) is 30.7. The van der Waals surface area contributed by atoms with Crippen LogP contribution < -0.4 is 67.7 Å². The van der Waals surface area contributed by atoms with Gasteiger partial charge in [0.25, 0.3) is 27.8 Å². The lowest BCUT2D eigenvalue weighted by molar-refractivity contribution is -0.0657. The molecule has 0 spiro atoms. The number of hydrogen-bond acceptors (Lipinski definition) is 36. The van der Waals surface area contributed by atoms with Crippen molar-refractivity contribution >= 4 is 60.9 Å². The van der Waals surface area contributed by atoms with Gasteiger partial charge in [-0.1, -0.05) is 0 Å². The quantitative estimate of drug-likeness (QED) is 0.0179. The third kappa shape index (κ3) is 20.7. The molecule has 112 heavy (non-hydrogen) atoms. The molecule has 6 saturated heterocycles. The first-order valence-corrected chi connectivity index (χ1v) is 41.1. The summed E-state index contributed by atoms with van der Waals surface area (Å²) < 4.78 is 163. The van der Waals surface area contributed by atoms with Crippen LogP contribution in [0.3, 0.4) is 0 Å². The molecule has 23 atom stereocenters. The predicted molar refractivity (Wildman–Crippen MR) is 365 cm³/mol. The van der Waals surface area contributed by atoms with Gasteiger partial charge in [-0.3, -0.25) is 122 Å². The van der Waals surface area contributed by atoms with Crippen LogP contribution in [0.15, 0.2) is 125 Å². The number of phosphoric acid groups is 5. The number of anilines is 1. The zero-order chi connectivity index (χ0) is 80.7. The fourth-order valence-electron chi connectivity index (χ4n) is 12.5. The number of aromatic nitrogens is 12. The number of nitrogens with one attached hydrogen (secondary N) is 5. The number of aliphatic hydroxyl groups excluding tert-OH is 2. The number of hydrogen-bond donors (Lipinski definition) is 13. The molecule has 0 aromatic carbocycles. The van der Waals surface area contributed by atoms with Crippen LogP contribution in [-0.2, 0) is 96.5 Å². The number of aliphatic hydroxyl groups is 2. The second-order valence-corrected chi connectivity index (χ2v) is 33.1. The molecule has 52 nitrogen and oxygen atoms in total. The minimum Gasteiger partial charge on any atom is -0.394 e. The zero-order valence-electron chi connectivity index (χ0n) is 56.7. The summed E-state index contributed by atoms with van der Waals surface area (Å²) in [6, 6.07) is 4.94. The molecule has 0 radical (unpaired) electrons. The second kappa shape index (κ2) is 34.3. The first-order chi connectivity index (χ1) is 52.7. The maximum absolute atomic E-state index is 14.2. The number of halogens is 1. The van der Waals surface area contributed by atoms with E-state index in [-0.39, 0.29) is 23.1 Å². The van der Waals surface area contributed by atoms with Crippen molar-refractivity contribution in [2.45, 2.75) is 149 Å². The van der Waals surface area contributed by atoms with Gasteiger partial charge in [0.15, 0.2) is 0 Å². The minimum atomic E-state index is -5.69. The van der Waals surface area contributed by atoms with Gasteiger partial charge in [0.05, 0.1) is 50.2 Å². The largest absolute Gasteiger partial charge is 0.472 e. The lowest BCUT2D eigenvalue weighted by Crippen LogP contribution is -2.33. The molecule has 6 fully saturated rings. The molecule has 6 aliphatic rings. The van der Waals surface area contributed by atoms with Gasteiger partial charge < -0.3 is 68.8 Å². The molecule has 0 bridgehead atoms. The third-order valence-electron chi connectivity index (χ3n) is 17.7. The Morgan fingerprint density at radius 3 is 0.991 bits per heavy atom. The number of nitrogens with two attached hydrogens (primary N) is 1. The number of aromatic amines is 5. The van der Waals surface area contributed by atoms with E-state index in [4.69, 9.17) is 79.4 Å². The van der Waals surface area contributed by atoms with Gasteiger partial charge in [-0.15, -0.1) is 0 Å². The van der Waals surface area contributed by atoms with Crippen LogP contribution in [-0.4, -0.2) is 205 Å². The summed E-state index contributed by atoms with van der Waals surface area (Å²) in [4.78, 5) is 207. The van der Waals surface area contributed by atoms with E-state index in [2.05, 4.69) is 20.9 Å². The molecule has 0 saturated carbocycles. The molecule has 0 amide bonds. The van der Waals surface area contributed by atoms with Gasteiger partial charge in [0.1, 0.15) is 110 Å². The Hall–Kier alpha value is -7.21. The Bertz CT molecular complexity index is 5430. The average Bonchev–Trinajstić information content (AvgIpc) is 1.60. The highest BCUT2D eigenvalue weighted by Crippen LogP contribution is 2.56. The topological polar surface area (TPSA) is 710 Å². The first kappa shape index (κ1) is 84.2. The molecule has 58 heteroatoms. The monoisotopic (exact) mass is 1760 g/mol. The highest BCUT2D eigenvalue weighted by Gasteiger charge is 2.51. The van der Waals surface area contributed by atoms with Crippen LogP contribution in [0.2, 0.25) is 0 Å². The smallest absolute Gasteiger partial charge is 0.394 e. The molecular weight excluding hydrogens is 1690 g/mol. The van der Waals surface area contributed by atoms with Gasteiger partial charge in [-0.2, -0.15) is 4.98 Å². The number of ether oxygens (including phenoxy) is 6. The second-order valence-electron chi connectivity index (χ2n) is 25.2. The Morgan fingerprint density at radius 2 is 0.670 bits per heavy atom. The SMILES string of the molecule is Nc1ccn([C@H]2C[C@H](OP(=O)(O)OC[C@H]3O[C@@H](n4cc(Br)c(=O)[nH]c4=O)C[C@@H]3OP(=O)(O)OC[C@H]3O[C@@H](n4ccc(=O)[nH]c4=O)C[C@@H]3OP(=O)(O)OC[C@H]3O[C@@H](n4ccc(=O)[nH]c4=O)C[C@@H]3OP(=O)(O)OC[C@H]3O[C@@H](n4ccc(=O)[nH]c4=O)C[C@@H]3O)[C@@H](COP(=O)(O)O[C@H]3C[C@H](n4ccc(=O)[nH]c4=O)O[C@@H]3CO)O2)c(=O)n1. The minimum absolute atomic E-state index is 0.235. The molecule has 0 aliphatic carbocycles. The summed E-state index contributed by atoms with van der Waals surface area (Å²) in [5, 5.41) is 20.8. The van der Waals surface area contributed by atoms with E-state index in [1.807, 2.05) is 24.9 Å². The van der Waals surface area contributed by atoms with Crippen LogP contribution in [0.25, 0.3) is 0 Å². The van der Waals surface area contributed by atoms with Crippen molar-refractivity contribution in [3.63, 3.8) is 0 Å². The zero-order valence-corrected chi connectivity index (χ0v) is 62.8. The van der Waals surface area contributed by atoms with Crippen LogP contribution in [0.4, 0.5) is 5.82 Å². The Balaban J connectivity index is 0.725. The predicted octanol–water partition coefficient (Wildman–Crippen LogP) is -4.07. The summed E-state index contributed by atoms with van der Waals surface area (Å²) in [5.74, 6) is -0.235. The molecule has 5 unspecified atom stereocenters. The van der Waals surface area contributed by atoms with E-state index in [9.17, 15) is 110 Å². The van der Waals surface area contributed by atoms with Crippen molar-refractivity contribution in [1.29, 1.82) is 0 Å². The molecule has 14 N–H and O–H groups in total. The fraction of sp³-hybridized carbons (Fsp3) is 0.556. The van der Waals surface area contributed by atoms with Crippen LogP contribution >= 0.6 is 55.0 Å². The lowest BCUT2D eigenvalue weighted by atomic mass is 10.2. The van der Waals surface area contributed by atoms with Crippen molar-refractivity contribution in [2.75, 3.05) is 45.4 Å². The number of phosphoric ester groups is 5. The highest BCUT2D eigenvalue weighted by atomic mass is 79.9. The van der Waals surface area contributed by atoms with Gasteiger partial charge in [0.2, 0.25) is 0 Å².